The number of aryl methyl sites for hydroxylation is 1. The molecule has 0 amide bonds. The first-order valence-electron chi connectivity index (χ1n) is 7.33. The number of nitrogens with one attached hydrogen (secondary N) is 2. The summed E-state index contributed by atoms with van der Waals surface area (Å²) in [7, 11) is -1.59. The van der Waals surface area contributed by atoms with Crippen LogP contribution in [0.1, 0.15) is 34.1 Å². The summed E-state index contributed by atoms with van der Waals surface area (Å²) in [5, 5.41) is 7.15. The fraction of sp³-hybridized carbons (Fsp3) is 0.786. The average molecular weight is 316 g/mol. The molecule has 0 fully saturated rings. The van der Waals surface area contributed by atoms with Gasteiger partial charge in [0, 0.05) is 19.3 Å². The molecule has 0 radical (unpaired) electrons. The van der Waals surface area contributed by atoms with Gasteiger partial charge in [-0.15, -0.1) is 0 Å². The zero-order valence-corrected chi connectivity index (χ0v) is 14.5. The molecule has 1 aromatic heterocycles. The van der Waals surface area contributed by atoms with E-state index in [1.165, 1.54) is 6.20 Å². The monoisotopic (exact) mass is 316 g/mol. The number of hydrogen-bond donors (Lipinski definition) is 2. The van der Waals surface area contributed by atoms with Gasteiger partial charge in [0.15, 0.2) is 0 Å². The van der Waals surface area contributed by atoms with E-state index in [0.29, 0.717) is 13.1 Å². The predicted molar refractivity (Wildman–Crippen MR) is 84.6 cm³/mol. The van der Waals surface area contributed by atoms with E-state index in [1.807, 2.05) is 14.0 Å². The van der Waals surface area contributed by atoms with Crippen LogP contribution in [0.2, 0.25) is 0 Å². The van der Waals surface area contributed by atoms with Crippen LogP contribution >= 0.6 is 0 Å². The molecule has 0 saturated heterocycles. The molecule has 0 saturated carbocycles. The Hall–Kier alpha value is -0.920. The summed E-state index contributed by atoms with van der Waals surface area (Å²) in [6.07, 6.45) is 3.90. The number of aromatic nitrogens is 2. The molecule has 0 spiro atoms. The third-order valence-electron chi connectivity index (χ3n) is 3.79. The molecule has 1 heterocycles. The molecule has 1 unspecified atom stereocenters. The van der Waals surface area contributed by atoms with Gasteiger partial charge in [-0.25, -0.2) is 13.1 Å². The fourth-order valence-corrected chi connectivity index (χ4v) is 2.73. The van der Waals surface area contributed by atoms with Crippen molar-refractivity contribution in [3.05, 3.63) is 12.4 Å². The zero-order chi connectivity index (χ0) is 16.1. The van der Waals surface area contributed by atoms with Gasteiger partial charge in [0.2, 0.25) is 10.0 Å². The van der Waals surface area contributed by atoms with Gasteiger partial charge in [-0.05, 0) is 31.3 Å². The van der Waals surface area contributed by atoms with Gasteiger partial charge >= 0.3 is 0 Å². The Morgan fingerprint density at radius 2 is 2.05 bits per heavy atom. The maximum absolute atomic E-state index is 12.2. The van der Waals surface area contributed by atoms with Crippen molar-refractivity contribution in [3.8, 4) is 0 Å². The summed E-state index contributed by atoms with van der Waals surface area (Å²) in [5.74, 6) is 0.248. The van der Waals surface area contributed by atoms with Crippen LogP contribution in [0.5, 0.6) is 0 Å². The summed E-state index contributed by atoms with van der Waals surface area (Å²) >= 11 is 0. The van der Waals surface area contributed by atoms with E-state index in [9.17, 15) is 8.42 Å². The Balaban J connectivity index is 2.62. The summed E-state index contributed by atoms with van der Waals surface area (Å²) in [5.41, 5.74) is 0.0693. The van der Waals surface area contributed by atoms with Gasteiger partial charge in [-0.1, -0.05) is 27.7 Å². The summed E-state index contributed by atoms with van der Waals surface area (Å²) in [6.45, 7) is 10.4. The smallest absolute Gasteiger partial charge is 0.243 e. The lowest BCUT2D eigenvalue weighted by atomic mass is 9.82. The minimum Gasteiger partial charge on any atom is -0.320 e. The van der Waals surface area contributed by atoms with Crippen LogP contribution in [0, 0.1) is 11.3 Å². The number of hydrogen-bond acceptors (Lipinski definition) is 4. The van der Waals surface area contributed by atoms with E-state index in [0.717, 1.165) is 13.0 Å². The van der Waals surface area contributed by atoms with Crippen LogP contribution in [0.15, 0.2) is 17.3 Å². The molecular formula is C14H28N4O2S. The van der Waals surface area contributed by atoms with Crippen LogP contribution in [0.3, 0.4) is 0 Å². The summed E-state index contributed by atoms with van der Waals surface area (Å²) in [4.78, 5) is 0.230. The van der Waals surface area contributed by atoms with Crippen molar-refractivity contribution in [2.24, 2.45) is 11.3 Å². The van der Waals surface area contributed by atoms with Gasteiger partial charge < -0.3 is 5.32 Å². The Labute approximate surface area is 128 Å². The molecule has 2 N–H and O–H groups in total. The number of rotatable bonds is 8. The lowest BCUT2D eigenvalue weighted by Crippen LogP contribution is -2.33. The third-order valence-corrected chi connectivity index (χ3v) is 5.17. The zero-order valence-electron chi connectivity index (χ0n) is 13.7. The van der Waals surface area contributed by atoms with Gasteiger partial charge in [0.05, 0.1) is 6.20 Å². The molecule has 1 aromatic rings. The SMILES string of the molecule is CNCCCn1cc(S(=O)(=O)NCC(C)C(C)(C)C)cn1. The van der Waals surface area contributed by atoms with Crippen LogP contribution in [-0.4, -0.2) is 38.3 Å². The van der Waals surface area contributed by atoms with Crippen molar-refractivity contribution in [1.82, 2.24) is 19.8 Å². The van der Waals surface area contributed by atoms with Crippen molar-refractivity contribution in [3.63, 3.8) is 0 Å². The van der Waals surface area contributed by atoms with E-state index in [4.69, 9.17) is 0 Å². The molecule has 0 aromatic carbocycles. The van der Waals surface area contributed by atoms with Crippen LogP contribution in [0.25, 0.3) is 0 Å². The third kappa shape index (κ3) is 5.76. The summed E-state index contributed by atoms with van der Waals surface area (Å²) < 4.78 is 28.8. The van der Waals surface area contributed by atoms with Crippen molar-refractivity contribution < 1.29 is 8.42 Å². The molecule has 21 heavy (non-hydrogen) atoms. The molecule has 0 aliphatic rings. The first-order chi connectivity index (χ1) is 9.66. The fourth-order valence-electron chi connectivity index (χ4n) is 1.65. The van der Waals surface area contributed by atoms with Crippen LogP contribution in [-0.2, 0) is 16.6 Å². The molecule has 7 heteroatoms. The topological polar surface area (TPSA) is 76.0 Å². The average Bonchev–Trinajstić information content (AvgIpc) is 2.85. The Kier molecular flexibility index (Phi) is 6.37. The van der Waals surface area contributed by atoms with Crippen molar-refractivity contribution in [1.29, 1.82) is 0 Å². The summed E-state index contributed by atoms with van der Waals surface area (Å²) in [6, 6.07) is 0. The molecule has 0 bridgehead atoms. The maximum Gasteiger partial charge on any atom is 0.243 e. The Morgan fingerprint density at radius 3 is 2.62 bits per heavy atom. The second-order valence-corrected chi connectivity index (χ2v) is 8.28. The van der Waals surface area contributed by atoms with Gasteiger partial charge in [0.25, 0.3) is 0 Å². The molecule has 6 nitrogen and oxygen atoms in total. The maximum atomic E-state index is 12.2. The van der Waals surface area contributed by atoms with Gasteiger partial charge in [-0.2, -0.15) is 5.10 Å². The molecule has 1 atom stereocenters. The first kappa shape index (κ1) is 18.1. The number of sulfonamides is 1. The standard InChI is InChI=1S/C14H28N4O2S/c1-12(14(2,3)4)9-17-21(19,20)13-10-16-18(11-13)8-6-7-15-5/h10-12,15,17H,6-9H2,1-5H3. The lowest BCUT2D eigenvalue weighted by molar-refractivity contribution is 0.263. The number of nitrogens with zero attached hydrogens (tertiary/aromatic N) is 2. The van der Waals surface area contributed by atoms with E-state index < -0.39 is 10.0 Å². The largest absolute Gasteiger partial charge is 0.320 e. The molecule has 0 aliphatic heterocycles. The highest BCUT2D eigenvalue weighted by atomic mass is 32.2. The highest BCUT2D eigenvalue weighted by Crippen LogP contribution is 2.24. The second-order valence-electron chi connectivity index (χ2n) is 6.52. The van der Waals surface area contributed by atoms with E-state index >= 15 is 0 Å². The van der Waals surface area contributed by atoms with Crippen LogP contribution < -0.4 is 10.0 Å². The molecule has 1 rings (SSSR count). The molecule has 0 aliphatic carbocycles. The van der Waals surface area contributed by atoms with E-state index in [1.54, 1.807) is 10.9 Å². The van der Waals surface area contributed by atoms with Crippen molar-refractivity contribution >= 4 is 10.0 Å². The van der Waals surface area contributed by atoms with Crippen molar-refractivity contribution in [2.75, 3.05) is 20.1 Å². The molecular weight excluding hydrogens is 288 g/mol. The quantitative estimate of drug-likeness (QED) is 0.712. The second kappa shape index (κ2) is 7.38. The minimum atomic E-state index is -3.47. The normalized spacial score (nSPS) is 14.3. The van der Waals surface area contributed by atoms with Crippen LogP contribution in [0.4, 0.5) is 0 Å². The first-order valence-corrected chi connectivity index (χ1v) is 8.82. The lowest BCUT2D eigenvalue weighted by Gasteiger charge is -2.27. The van der Waals surface area contributed by atoms with Crippen molar-refractivity contribution in [2.45, 2.75) is 45.6 Å². The van der Waals surface area contributed by atoms with Gasteiger partial charge in [-0.3, -0.25) is 4.68 Å². The Bertz CT molecular complexity index is 531. The van der Waals surface area contributed by atoms with Gasteiger partial charge in [0.1, 0.15) is 4.90 Å². The molecule has 122 valence electrons. The minimum absolute atomic E-state index is 0.0693. The predicted octanol–water partition coefficient (Wildman–Crippen LogP) is 1.45. The Morgan fingerprint density at radius 1 is 1.38 bits per heavy atom. The highest BCUT2D eigenvalue weighted by Gasteiger charge is 2.23. The highest BCUT2D eigenvalue weighted by molar-refractivity contribution is 7.89. The van der Waals surface area contributed by atoms with E-state index in [2.05, 4.69) is 35.9 Å². The van der Waals surface area contributed by atoms with E-state index in [-0.39, 0.29) is 16.2 Å².